The summed E-state index contributed by atoms with van der Waals surface area (Å²) in [6.07, 6.45) is 0.487. The van der Waals surface area contributed by atoms with Gasteiger partial charge in [-0.05, 0) is 18.2 Å². The molecule has 0 amide bonds. The maximum atomic E-state index is 11.7. The van der Waals surface area contributed by atoms with Crippen molar-refractivity contribution in [1.82, 2.24) is 0 Å². The van der Waals surface area contributed by atoms with Crippen LogP contribution < -0.4 is 4.90 Å². The van der Waals surface area contributed by atoms with Crippen molar-refractivity contribution in [2.24, 2.45) is 0 Å². The Morgan fingerprint density at radius 3 is 2.93 bits per heavy atom. The molecule has 2 rings (SSSR count). The predicted octanol–water partition coefficient (Wildman–Crippen LogP) is 1.79. The molecule has 0 fully saturated rings. The van der Waals surface area contributed by atoms with E-state index in [0.29, 0.717) is 17.9 Å². The lowest BCUT2D eigenvalue weighted by Crippen LogP contribution is -2.13. The predicted molar refractivity (Wildman–Crippen MR) is 60.7 cm³/mol. The summed E-state index contributed by atoms with van der Waals surface area (Å²) >= 11 is 0. The topological polar surface area (TPSA) is 37.4 Å². The first kappa shape index (κ1) is 10.4. The van der Waals surface area contributed by atoms with Crippen LogP contribution in [-0.4, -0.2) is 22.9 Å². The molecule has 0 spiro atoms. The van der Waals surface area contributed by atoms with E-state index in [0.717, 1.165) is 10.6 Å². The van der Waals surface area contributed by atoms with Gasteiger partial charge in [0.2, 0.25) is 0 Å². The molecule has 1 aliphatic heterocycles. The van der Waals surface area contributed by atoms with Crippen molar-refractivity contribution in [3.05, 3.63) is 23.8 Å². The normalized spacial score (nSPS) is 19.1. The first-order valence-electron chi connectivity index (χ1n) is 4.90. The quantitative estimate of drug-likeness (QED) is 0.717. The number of hydrogen-bond acceptors (Lipinski definition) is 3. The summed E-state index contributed by atoms with van der Waals surface area (Å²) in [5.41, 5.74) is 1.64. The van der Waals surface area contributed by atoms with Crippen LogP contribution in [0.25, 0.3) is 0 Å². The maximum Gasteiger partial charge on any atom is 0.162 e. The summed E-state index contributed by atoms with van der Waals surface area (Å²) in [6.45, 7) is 1.83. The fourth-order valence-corrected chi connectivity index (χ4v) is 3.05. The van der Waals surface area contributed by atoms with E-state index in [1.165, 1.54) is 0 Å². The summed E-state index contributed by atoms with van der Waals surface area (Å²) < 4.78 is 11.7. The fourth-order valence-electron chi connectivity index (χ4n) is 1.70. The molecule has 1 aliphatic rings. The zero-order chi connectivity index (χ0) is 11.0. The average molecular weight is 223 g/mol. The van der Waals surface area contributed by atoms with Crippen molar-refractivity contribution in [1.29, 1.82) is 0 Å². The molecular weight excluding hydrogens is 210 g/mol. The Hall–Kier alpha value is -1.16. The lowest BCUT2D eigenvalue weighted by molar-refractivity contribution is 0.0988. The first-order valence-corrected chi connectivity index (χ1v) is 6.22. The lowest BCUT2D eigenvalue weighted by Gasteiger charge is -2.09. The van der Waals surface area contributed by atoms with Crippen molar-refractivity contribution < 1.29 is 9.00 Å². The molecular formula is C11H13NO2S. The molecule has 0 saturated heterocycles. The van der Waals surface area contributed by atoms with Gasteiger partial charge >= 0.3 is 0 Å². The van der Waals surface area contributed by atoms with Crippen LogP contribution in [-0.2, 0) is 10.8 Å². The van der Waals surface area contributed by atoms with Gasteiger partial charge in [-0.1, -0.05) is 6.92 Å². The Balaban J connectivity index is 2.47. The summed E-state index contributed by atoms with van der Waals surface area (Å²) in [5, 5.41) is 0. The average Bonchev–Trinajstić information content (AvgIpc) is 2.53. The largest absolute Gasteiger partial charge is 0.361 e. The van der Waals surface area contributed by atoms with Crippen LogP contribution in [0, 0.1) is 0 Å². The number of Topliss-reactive ketones (excluding diaryl/α,β-unsaturated/α-hetero) is 1. The Bertz CT molecular complexity index is 442. The highest BCUT2D eigenvalue weighted by Gasteiger charge is 2.23. The highest BCUT2D eigenvalue weighted by atomic mass is 32.2. The third-order valence-corrected chi connectivity index (χ3v) is 4.01. The van der Waals surface area contributed by atoms with Gasteiger partial charge in [-0.2, -0.15) is 0 Å². The second-order valence-corrected chi connectivity index (χ2v) is 5.02. The van der Waals surface area contributed by atoms with Gasteiger partial charge in [0.15, 0.2) is 5.78 Å². The molecule has 0 saturated carbocycles. The standard InChI is InChI=1S/C11H13NO2S/c1-3-10(13)8-4-5-9-11(6-8)15(14)7-12(9)2/h4-6H,3,7H2,1-2H3. The van der Waals surface area contributed by atoms with E-state index in [2.05, 4.69) is 0 Å². The molecule has 0 aromatic heterocycles. The van der Waals surface area contributed by atoms with E-state index in [9.17, 15) is 9.00 Å². The third-order valence-electron chi connectivity index (χ3n) is 2.57. The van der Waals surface area contributed by atoms with Crippen LogP contribution in [0.15, 0.2) is 23.1 Å². The van der Waals surface area contributed by atoms with Gasteiger partial charge in [0.1, 0.15) is 0 Å². The molecule has 1 unspecified atom stereocenters. The molecule has 0 radical (unpaired) electrons. The van der Waals surface area contributed by atoms with E-state index < -0.39 is 10.8 Å². The summed E-state index contributed by atoms with van der Waals surface area (Å²) in [7, 11) is 0.925. The van der Waals surface area contributed by atoms with Crippen molar-refractivity contribution in [2.75, 3.05) is 17.8 Å². The van der Waals surface area contributed by atoms with Gasteiger partial charge < -0.3 is 4.90 Å². The zero-order valence-electron chi connectivity index (χ0n) is 8.82. The van der Waals surface area contributed by atoms with Crippen LogP contribution >= 0.6 is 0 Å². The number of hydrogen-bond donors (Lipinski definition) is 0. The minimum absolute atomic E-state index is 0.101. The van der Waals surface area contributed by atoms with Gasteiger partial charge in [-0.3, -0.25) is 9.00 Å². The number of carbonyl (C=O) groups excluding carboxylic acids is 1. The molecule has 3 nitrogen and oxygen atoms in total. The van der Waals surface area contributed by atoms with Crippen molar-refractivity contribution in [3.63, 3.8) is 0 Å². The second-order valence-electron chi connectivity index (χ2n) is 3.63. The highest BCUT2D eigenvalue weighted by molar-refractivity contribution is 7.85. The smallest absolute Gasteiger partial charge is 0.162 e. The number of anilines is 1. The minimum atomic E-state index is -0.983. The zero-order valence-corrected chi connectivity index (χ0v) is 9.63. The maximum absolute atomic E-state index is 11.7. The Labute approximate surface area is 91.5 Å². The molecule has 0 aliphatic carbocycles. The van der Waals surface area contributed by atoms with E-state index in [1.807, 2.05) is 31.0 Å². The molecule has 4 heteroatoms. The van der Waals surface area contributed by atoms with Gasteiger partial charge in [-0.25, -0.2) is 0 Å². The minimum Gasteiger partial charge on any atom is -0.361 e. The van der Waals surface area contributed by atoms with Gasteiger partial charge in [0.25, 0.3) is 0 Å². The number of rotatable bonds is 2. The monoisotopic (exact) mass is 223 g/mol. The SMILES string of the molecule is CCC(=O)c1ccc2c(c1)S(=O)CN2C. The van der Waals surface area contributed by atoms with Crippen molar-refractivity contribution in [2.45, 2.75) is 18.2 Å². The van der Waals surface area contributed by atoms with Gasteiger partial charge in [0, 0.05) is 19.0 Å². The van der Waals surface area contributed by atoms with Crippen LogP contribution in [0.3, 0.4) is 0 Å². The molecule has 1 aromatic rings. The van der Waals surface area contributed by atoms with Crippen LogP contribution in [0.2, 0.25) is 0 Å². The van der Waals surface area contributed by atoms with E-state index in [4.69, 9.17) is 0 Å². The summed E-state index contributed by atoms with van der Waals surface area (Å²) in [4.78, 5) is 14.2. The summed E-state index contributed by atoms with van der Waals surface area (Å²) in [6, 6.07) is 5.45. The van der Waals surface area contributed by atoms with Crippen molar-refractivity contribution >= 4 is 22.3 Å². The van der Waals surface area contributed by atoms with E-state index in [1.54, 1.807) is 6.07 Å². The van der Waals surface area contributed by atoms with Crippen LogP contribution in [0.4, 0.5) is 5.69 Å². The first-order chi connectivity index (χ1) is 7.13. The Morgan fingerprint density at radius 1 is 1.53 bits per heavy atom. The molecule has 15 heavy (non-hydrogen) atoms. The fraction of sp³-hybridized carbons (Fsp3) is 0.364. The van der Waals surface area contributed by atoms with E-state index >= 15 is 0 Å². The summed E-state index contributed by atoms with van der Waals surface area (Å²) in [5.74, 6) is 0.628. The number of fused-ring (bicyclic) bond motifs is 1. The van der Waals surface area contributed by atoms with Crippen LogP contribution in [0.5, 0.6) is 0 Å². The number of ketones is 1. The molecule has 1 aromatic carbocycles. The van der Waals surface area contributed by atoms with Crippen molar-refractivity contribution in [3.8, 4) is 0 Å². The highest BCUT2D eigenvalue weighted by Crippen LogP contribution is 2.31. The lowest BCUT2D eigenvalue weighted by atomic mass is 10.1. The third kappa shape index (κ3) is 1.69. The molecule has 1 atom stereocenters. The molecule has 0 N–H and O–H groups in total. The molecule has 1 heterocycles. The van der Waals surface area contributed by atoms with Crippen LogP contribution in [0.1, 0.15) is 23.7 Å². The molecule has 0 bridgehead atoms. The van der Waals surface area contributed by atoms with Gasteiger partial charge in [0.05, 0.1) is 27.3 Å². The Morgan fingerprint density at radius 2 is 2.27 bits per heavy atom. The molecule has 80 valence electrons. The number of nitrogens with zero attached hydrogens (tertiary/aromatic N) is 1. The van der Waals surface area contributed by atoms with Gasteiger partial charge in [-0.15, -0.1) is 0 Å². The van der Waals surface area contributed by atoms with E-state index in [-0.39, 0.29) is 5.78 Å². The second kappa shape index (κ2) is 3.77. The number of benzene rings is 1. The number of carbonyl (C=O) groups is 1. The Kier molecular flexibility index (Phi) is 2.61.